The van der Waals surface area contributed by atoms with Crippen LogP contribution in [0.5, 0.6) is 0 Å². The van der Waals surface area contributed by atoms with Crippen LogP contribution in [0.2, 0.25) is 0 Å². The number of hydrogen-bond donors (Lipinski definition) is 1. The van der Waals surface area contributed by atoms with Crippen LogP contribution in [0.25, 0.3) is 0 Å². The van der Waals surface area contributed by atoms with E-state index in [1.165, 1.54) is 11.1 Å². The molecule has 0 saturated carbocycles. The molecule has 1 aliphatic rings. The molecule has 1 aromatic carbocycles. The van der Waals surface area contributed by atoms with Crippen LogP contribution >= 0.6 is 0 Å². The molecule has 1 saturated heterocycles. The highest BCUT2D eigenvalue weighted by molar-refractivity contribution is 5.68. The fourth-order valence-electron chi connectivity index (χ4n) is 2.88. The normalized spacial score (nSPS) is 23.0. The van der Waals surface area contributed by atoms with E-state index < -0.39 is 5.60 Å². The van der Waals surface area contributed by atoms with Crippen molar-refractivity contribution >= 4 is 6.09 Å². The Morgan fingerprint density at radius 3 is 2.57 bits per heavy atom. The maximum Gasteiger partial charge on any atom is 0.410 e. The van der Waals surface area contributed by atoms with Gasteiger partial charge in [-0.3, -0.25) is 0 Å². The fraction of sp³-hybridized carbons (Fsp3) is 0.588. The van der Waals surface area contributed by atoms with Gasteiger partial charge in [0.05, 0.1) is 0 Å². The van der Waals surface area contributed by atoms with Crippen LogP contribution in [0.15, 0.2) is 24.3 Å². The number of hydrogen-bond acceptors (Lipinski definition) is 3. The highest BCUT2D eigenvalue weighted by Gasteiger charge is 2.32. The minimum absolute atomic E-state index is 0.00382. The van der Waals surface area contributed by atoms with Crippen molar-refractivity contribution in [2.75, 3.05) is 13.1 Å². The van der Waals surface area contributed by atoms with Crippen molar-refractivity contribution in [2.45, 2.75) is 51.7 Å². The third-order valence-electron chi connectivity index (χ3n) is 3.76. The van der Waals surface area contributed by atoms with E-state index in [1.807, 2.05) is 32.9 Å². The van der Waals surface area contributed by atoms with Crippen molar-refractivity contribution in [3.8, 4) is 0 Å². The molecule has 2 N–H and O–H groups in total. The second-order valence-corrected chi connectivity index (χ2v) is 6.93. The molecule has 1 fully saturated rings. The van der Waals surface area contributed by atoms with Crippen LogP contribution in [0.1, 0.15) is 44.2 Å². The van der Waals surface area contributed by atoms with Gasteiger partial charge in [0, 0.05) is 25.0 Å². The molecule has 1 aliphatic heterocycles. The van der Waals surface area contributed by atoms with Gasteiger partial charge in [0.1, 0.15) is 5.60 Å². The maximum absolute atomic E-state index is 12.3. The quantitative estimate of drug-likeness (QED) is 0.865. The first-order valence-electron chi connectivity index (χ1n) is 7.55. The first-order valence-corrected chi connectivity index (χ1v) is 7.55. The van der Waals surface area contributed by atoms with E-state index in [9.17, 15) is 4.79 Å². The number of amides is 1. The third kappa shape index (κ3) is 4.21. The number of nitrogens with zero attached hydrogens (tertiary/aromatic N) is 1. The zero-order chi connectivity index (χ0) is 15.6. The van der Waals surface area contributed by atoms with Gasteiger partial charge < -0.3 is 15.4 Å². The lowest BCUT2D eigenvalue weighted by atomic mass is 9.86. The molecule has 2 rings (SSSR count). The second-order valence-electron chi connectivity index (χ2n) is 6.93. The molecule has 2 atom stereocenters. The van der Waals surface area contributed by atoms with Crippen LogP contribution in [-0.2, 0) is 4.74 Å². The van der Waals surface area contributed by atoms with Crippen LogP contribution in [-0.4, -0.2) is 35.7 Å². The lowest BCUT2D eigenvalue weighted by Crippen LogP contribution is -2.50. The fourth-order valence-corrected chi connectivity index (χ4v) is 2.88. The van der Waals surface area contributed by atoms with Crippen molar-refractivity contribution in [1.82, 2.24) is 4.90 Å². The van der Waals surface area contributed by atoms with Crippen LogP contribution in [0.4, 0.5) is 4.79 Å². The summed E-state index contributed by atoms with van der Waals surface area (Å²) in [7, 11) is 0. The van der Waals surface area contributed by atoms with Gasteiger partial charge in [-0.05, 0) is 45.2 Å². The molecule has 0 bridgehead atoms. The molecule has 4 nitrogen and oxygen atoms in total. The Morgan fingerprint density at radius 2 is 1.95 bits per heavy atom. The summed E-state index contributed by atoms with van der Waals surface area (Å²) in [6.07, 6.45) is 0.640. The molecule has 1 heterocycles. The van der Waals surface area contributed by atoms with E-state index >= 15 is 0 Å². The third-order valence-corrected chi connectivity index (χ3v) is 3.76. The molecule has 4 heteroatoms. The van der Waals surface area contributed by atoms with Crippen LogP contribution < -0.4 is 5.73 Å². The predicted molar refractivity (Wildman–Crippen MR) is 84.3 cm³/mol. The molecule has 0 aromatic heterocycles. The second kappa shape index (κ2) is 6.06. The number of piperidine rings is 1. The molecule has 0 spiro atoms. The van der Waals surface area contributed by atoms with E-state index in [0.29, 0.717) is 13.1 Å². The van der Waals surface area contributed by atoms with Gasteiger partial charge >= 0.3 is 6.09 Å². The van der Waals surface area contributed by atoms with Crippen molar-refractivity contribution in [3.63, 3.8) is 0 Å². The zero-order valence-corrected chi connectivity index (χ0v) is 13.4. The standard InChI is InChI=1S/C17H26N2O2/c1-12-7-5-6-8-15(12)13-9-14(18)11-19(10-13)16(20)21-17(2,3)4/h5-8,13-14H,9-11,18H2,1-4H3/t13-,14-/m1/s1. The summed E-state index contributed by atoms with van der Waals surface area (Å²) in [5.74, 6) is 0.280. The number of aryl methyl sites for hydroxylation is 1. The van der Waals surface area contributed by atoms with Crippen molar-refractivity contribution < 1.29 is 9.53 Å². The Kier molecular flexibility index (Phi) is 4.57. The highest BCUT2D eigenvalue weighted by atomic mass is 16.6. The largest absolute Gasteiger partial charge is 0.444 e. The summed E-state index contributed by atoms with van der Waals surface area (Å²) in [5, 5.41) is 0. The molecular weight excluding hydrogens is 264 g/mol. The summed E-state index contributed by atoms with van der Waals surface area (Å²) in [4.78, 5) is 14.0. The molecule has 1 amide bonds. The number of carbonyl (C=O) groups excluding carboxylic acids is 1. The van der Waals surface area contributed by atoms with E-state index in [4.69, 9.17) is 10.5 Å². The molecule has 0 radical (unpaired) electrons. The minimum Gasteiger partial charge on any atom is -0.444 e. The SMILES string of the molecule is Cc1ccccc1[C@@H]1C[C@@H](N)CN(C(=O)OC(C)(C)C)C1. The van der Waals surface area contributed by atoms with E-state index in [-0.39, 0.29) is 18.1 Å². The number of nitrogens with two attached hydrogens (primary N) is 1. The molecule has 21 heavy (non-hydrogen) atoms. The number of rotatable bonds is 1. The van der Waals surface area contributed by atoms with Crippen molar-refractivity contribution in [3.05, 3.63) is 35.4 Å². The first kappa shape index (κ1) is 15.8. The van der Waals surface area contributed by atoms with Crippen LogP contribution in [0, 0.1) is 6.92 Å². The van der Waals surface area contributed by atoms with Gasteiger partial charge in [0.15, 0.2) is 0 Å². The number of carbonyl (C=O) groups is 1. The van der Waals surface area contributed by atoms with Gasteiger partial charge in [0.2, 0.25) is 0 Å². The van der Waals surface area contributed by atoms with Crippen LogP contribution in [0.3, 0.4) is 0 Å². The molecule has 0 aliphatic carbocycles. The molecule has 0 unspecified atom stereocenters. The van der Waals surface area contributed by atoms with Crippen molar-refractivity contribution in [1.29, 1.82) is 0 Å². The summed E-state index contributed by atoms with van der Waals surface area (Å²) in [5.41, 5.74) is 8.21. The lowest BCUT2D eigenvalue weighted by molar-refractivity contribution is 0.0180. The monoisotopic (exact) mass is 290 g/mol. The van der Waals surface area contributed by atoms with Gasteiger partial charge in [-0.1, -0.05) is 24.3 Å². The average Bonchev–Trinajstić information content (AvgIpc) is 2.36. The average molecular weight is 290 g/mol. The number of ether oxygens (including phenoxy) is 1. The summed E-state index contributed by atoms with van der Waals surface area (Å²) in [6.45, 7) is 8.99. The van der Waals surface area contributed by atoms with Gasteiger partial charge in [-0.25, -0.2) is 4.79 Å². The Morgan fingerprint density at radius 1 is 1.29 bits per heavy atom. The van der Waals surface area contributed by atoms with E-state index in [2.05, 4.69) is 19.1 Å². The minimum atomic E-state index is -0.475. The Bertz CT molecular complexity index is 508. The van der Waals surface area contributed by atoms with E-state index in [1.54, 1.807) is 4.90 Å². The highest BCUT2D eigenvalue weighted by Crippen LogP contribution is 2.29. The predicted octanol–water partition coefficient (Wildman–Crippen LogP) is 3.05. The molecular formula is C17H26N2O2. The Hall–Kier alpha value is -1.55. The molecule has 116 valence electrons. The van der Waals surface area contributed by atoms with Gasteiger partial charge in [-0.15, -0.1) is 0 Å². The summed E-state index contributed by atoms with van der Waals surface area (Å²) >= 11 is 0. The van der Waals surface area contributed by atoms with Crippen molar-refractivity contribution in [2.24, 2.45) is 5.73 Å². The number of likely N-dealkylation sites (tertiary alicyclic amines) is 1. The summed E-state index contributed by atoms with van der Waals surface area (Å²) in [6, 6.07) is 8.31. The lowest BCUT2D eigenvalue weighted by Gasteiger charge is -2.37. The first-order chi connectivity index (χ1) is 9.76. The maximum atomic E-state index is 12.3. The number of benzene rings is 1. The Labute approximate surface area is 127 Å². The van der Waals surface area contributed by atoms with Gasteiger partial charge in [0.25, 0.3) is 0 Å². The zero-order valence-electron chi connectivity index (χ0n) is 13.4. The van der Waals surface area contributed by atoms with Gasteiger partial charge in [-0.2, -0.15) is 0 Å². The Balaban J connectivity index is 2.13. The molecule has 1 aromatic rings. The van der Waals surface area contributed by atoms with E-state index in [0.717, 1.165) is 6.42 Å². The topological polar surface area (TPSA) is 55.6 Å². The smallest absolute Gasteiger partial charge is 0.410 e. The summed E-state index contributed by atoms with van der Waals surface area (Å²) < 4.78 is 5.47.